The second-order valence-corrected chi connectivity index (χ2v) is 7.41. The normalized spacial score (nSPS) is 23.0. The Balaban J connectivity index is 1.64. The zero-order chi connectivity index (χ0) is 15.3. The molecule has 2 aliphatic rings. The van der Waals surface area contributed by atoms with Gasteiger partial charge in [-0.05, 0) is 65.5 Å². The monoisotopic (exact) mass is 297 g/mol. The van der Waals surface area contributed by atoms with E-state index in [2.05, 4.69) is 15.5 Å². The zero-order valence-corrected chi connectivity index (χ0v) is 13.8. The van der Waals surface area contributed by atoms with Crippen LogP contribution in [0.15, 0.2) is 0 Å². The average molecular weight is 297 g/mol. The molecule has 0 spiro atoms. The van der Waals surface area contributed by atoms with Crippen molar-refractivity contribution in [3.8, 4) is 0 Å². The largest absolute Gasteiger partial charge is 0.444 e. The topological polar surface area (TPSA) is 53.6 Å². The van der Waals surface area contributed by atoms with Crippen LogP contribution in [-0.2, 0) is 4.74 Å². The fourth-order valence-electron chi connectivity index (χ4n) is 3.16. The predicted molar refractivity (Wildman–Crippen MR) is 84.4 cm³/mol. The van der Waals surface area contributed by atoms with Gasteiger partial charge in [0, 0.05) is 25.7 Å². The Kier molecular flexibility index (Phi) is 5.88. The molecule has 0 radical (unpaired) electrons. The minimum Gasteiger partial charge on any atom is -0.444 e. The maximum absolute atomic E-state index is 11.8. The standard InChI is InChI=1S/C16H31N3O2/c1-16(2,3)21-15(20)18-14-6-10-19(11-7-14)12-13-4-8-17-9-5-13/h13-14,17H,4-12H2,1-3H3,(H,18,20). The number of hydrogen-bond acceptors (Lipinski definition) is 4. The van der Waals surface area contributed by atoms with Gasteiger partial charge in [0.05, 0.1) is 0 Å². The van der Waals surface area contributed by atoms with Crippen molar-refractivity contribution in [3.63, 3.8) is 0 Å². The molecule has 0 aromatic carbocycles. The maximum Gasteiger partial charge on any atom is 0.407 e. The second kappa shape index (κ2) is 7.45. The summed E-state index contributed by atoms with van der Waals surface area (Å²) in [5, 5.41) is 6.42. The molecule has 21 heavy (non-hydrogen) atoms. The molecule has 122 valence electrons. The lowest BCUT2D eigenvalue weighted by molar-refractivity contribution is 0.0474. The molecule has 1 amide bonds. The number of carbonyl (C=O) groups excluding carboxylic acids is 1. The minimum absolute atomic E-state index is 0.268. The summed E-state index contributed by atoms with van der Waals surface area (Å²) in [7, 11) is 0. The number of nitrogens with zero attached hydrogens (tertiary/aromatic N) is 1. The van der Waals surface area contributed by atoms with Gasteiger partial charge in [-0.1, -0.05) is 0 Å². The summed E-state index contributed by atoms with van der Waals surface area (Å²) in [4.78, 5) is 14.3. The lowest BCUT2D eigenvalue weighted by Gasteiger charge is -2.35. The van der Waals surface area contributed by atoms with Crippen molar-refractivity contribution in [3.05, 3.63) is 0 Å². The molecule has 0 aromatic rings. The van der Waals surface area contributed by atoms with Crippen LogP contribution in [0.25, 0.3) is 0 Å². The highest BCUT2D eigenvalue weighted by Crippen LogP contribution is 2.18. The third-order valence-electron chi connectivity index (χ3n) is 4.28. The van der Waals surface area contributed by atoms with E-state index in [4.69, 9.17) is 4.74 Å². The van der Waals surface area contributed by atoms with Gasteiger partial charge in [0.2, 0.25) is 0 Å². The molecule has 2 saturated heterocycles. The molecule has 2 fully saturated rings. The molecule has 2 heterocycles. The highest BCUT2D eigenvalue weighted by atomic mass is 16.6. The molecule has 2 rings (SSSR count). The highest BCUT2D eigenvalue weighted by molar-refractivity contribution is 5.68. The van der Waals surface area contributed by atoms with Gasteiger partial charge in [0.1, 0.15) is 5.60 Å². The Morgan fingerprint density at radius 2 is 1.81 bits per heavy atom. The van der Waals surface area contributed by atoms with Gasteiger partial charge in [-0.3, -0.25) is 0 Å². The summed E-state index contributed by atoms with van der Waals surface area (Å²) in [6.07, 6.45) is 4.39. The van der Waals surface area contributed by atoms with E-state index in [9.17, 15) is 4.79 Å². The smallest absolute Gasteiger partial charge is 0.407 e. The lowest BCUT2D eigenvalue weighted by Crippen LogP contribution is -2.47. The van der Waals surface area contributed by atoms with Gasteiger partial charge in [-0.2, -0.15) is 0 Å². The van der Waals surface area contributed by atoms with Crippen LogP contribution in [0.4, 0.5) is 4.79 Å². The van der Waals surface area contributed by atoms with Crippen molar-refractivity contribution in [2.24, 2.45) is 5.92 Å². The quantitative estimate of drug-likeness (QED) is 0.836. The van der Waals surface area contributed by atoms with Gasteiger partial charge >= 0.3 is 6.09 Å². The van der Waals surface area contributed by atoms with E-state index in [-0.39, 0.29) is 12.1 Å². The summed E-state index contributed by atoms with van der Waals surface area (Å²) >= 11 is 0. The van der Waals surface area contributed by atoms with Crippen LogP contribution < -0.4 is 10.6 Å². The van der Waals surface area contributed by atoms with Crippen molar-refractivity contribution in [1.82, 2.24) is 15.5 Å². The van der Waals surface area contributed by atoms with Crippen molar-refractivity contribution < 1.29 is 9.53 Å². The van der Waals surface area contributed by atoms with Crippen molar-refractivity contribution in [2.45, 2.75) is 58.1 Å². The minimum atomic E-state index is -0.417. The van der Waals surface area contributed by atoms with E-state index < -0.39 is 5.60 Å². The van der Waals surface area contributed by atoms with Gasteiger partial charge in [-0.15, -0.1) is 0 Å². The average Bonchev–Trinajstić information content (AvgIpc) is 2.40. The lowest BCUT2D eigenvalue weighted by atomic mass is 9.96. The summed E-state index contributed by atoms with van der Waals surface area (Å²) in [6, 6.07) is 0.268. The number of alkyl carbamates (subject to hydrolysis) is 1. The van der Waals surface area contributed by atoms with Crippen LogP contribution in [-0.4, -0.2) is 55.4 Å². The SMILES string of the molecule is CC(C)(C)OC(=O)NC1CCN(CC2CCNCC2)CC1. The molecule has 5 nitrogen and oxygen atoms in total. The fourth-order valence-corrected chi connectivity index (χ4v) is 3.16. The Bertz CT molecular complexity index is 327. The number of hydrogen-bond donors (Lipinski definition) is 2. The van der Waals surface area contributed by atoms with Crippen LogP contribution in [0.1, 0.15) is 46.5 Å². The molecular formula is C16H31N3O2. The molecule has 5 heteroatoms. The van der Waals surface area contributed by atoms with E-state index in [1.807, 2.05) is 20.8 Å². The maximum atomic E-state index is 11.8. The number of amides is 1. The van der Waals surface area contributed by atoms with Crippen LogP contribution >= 0.6 is 0 Å². The van der Waals surface area contributed by atoms with Crippen LogP contribution in [0.5, 0.6) is 0 Å². The highest BCUT2D eigenvalue weighted by Gasteiger charge is 2.25. The van der Waals surface area contributed by atoms with Crippen molar-refractivity contribution >= 4 is 6.09 Å². The van der Waals surface area contributed by atoms with Crippen LogP contribution in [0.3, 0.4) is 0 Å². The fraction of sp³-hybridized carbons (Fsp3) is 0.938. The van der Waals surface area contributed by atoms with E-state index >= 15 is 0 Å². The van der Waals surface area contributed by atoms with Gasteiger partial charge in [0.25, 0.3) is 0 Å². The number of likely N-dealkylation sites (tertiary alicyclic amines) is 1. The second-order valence-electron chi connectivity index (χ2n) is 7.41. The number of ether oxygens (including phenoxy) is 1. The third kappa shape index (κ3) is 6.22. The molecule has 2 N–H and O–H groups in total. The molecule has 0 bridgehead atoms. The number of carbonyl (C=O) groups is 1. The van der Waals surface area contributed by atoms with Gasteiger partial charge in [-0.25, -0.2) is 4.79 Å². The molecular weight excluding hydrogens is 266 g/mol. The van der Waals surface area contributed by atoms with E-state index in [0.717, 1.165) is 31.8 Å². The zero-order valence-electron chi connectivity index (χ0n) is 13.8. The molecule has 0 atom stereocenters. The summed E-state index contributed by atoms with van der Waals surface area (Å²) in [6.45, 7) is 11.4. The predicted octanol–water partition coefficient (Wildman–Crippen LogP) is 1.98. The van der Waals surface area contributed by atoms with Crippen molar-refractivity contribution in [1.29, 1.82) is 0 Å². The summed E-state index contributed by atoms with van der Waals surface area (Å²) in [5.41, 5.74) is -0.417. The molecule has 0 aliphatic carbocycles. The Morgan fingerprint density at radius 3 is 2.38 bits per heavy atom. The van der Waals surface area contributed by atoms with Gasteiger partial charge in [0.15, 0.2) is 0 Å². The number of nitrogens with one attached hydrogen (secondary N) is 2. The summed E-state index contributed by atoms with van der Waals surface area (Å²) in [5.74, 6) is 0.849. The van der Waals surface area contributed by atoms with Gasteiger partial charge < -0.3 is 20.3 Å². The first kappa shape index (κ1) is 16.6. The third-order valence-corrected chi connectivity index (χ3v) is 4.28. The van der Waals surface area contributed by atoms with E-state index in [0.29, 0.717) is 0 Å². The Morgan fingerprint density at radius 1 is 1.19 bits per heavy atom. The van der Waals surface area contributed by atoms with E-state index in [1.54, 1.807) is 0 Å². The van der Waals surface area contributed by atoms with Crippen molar-refractivity contribution in [2.75, 3.05) is 32.7 Å². The first-order valence-corrected chi connectivity index (χ1v) is 8.35. The Labute approximate surface area is 128 Å². The number of rotatable bonds is 3. The molecule has 2 aliphatic heterocycles. The first-order valence-electron chi connectivity index (χ1n) is 8.35. The first-order chi connectivity index (χ1) is 9.92. The Hall–Kier alpha value is -0.810. The summed E-state index contributed by atoms with van der Waals surface area (Å²) < 4.78 is 5.32. The molecule has 0 unspecified atom stereocenters. The molecule has 0 aromatic heterocycles. The number of piperidine rings is 2. The van der Waals surface area contributed by atoms with Crippen LogP contribution in [0.2, 0.25) is 0 Å². The molecule has 0 saturated carbocycles. The van der Waals surface area contributed by atoms with E-state index in [1.165, 1.54) is 32.5 Å². The van der Waals surface area contributed by atoms with Crippen LogP contribution in [0, 0.1) is 5.92 Å².